The summed E-state index contributed by atoms with van der Waals surface area (Å²) in [6, 6.07) is 3.57. The van der Waals surface area contributed by atoms with Gasteiger partial charge in [0.15, 0.2) is 17.3 Å². The second kappa shape index (κ2) is 5.83. The molecule has 2 aliphatic rings. The number of aryl methyl sites for hydroxylation is 1. The maximum absolute atomic E-state index is 12.6. The van der Waals surface area contributed by atoms with Crippen molar-refractivity contribution >= 4 is 11.8 Å². The average molecular weight is 302 g/mol. The van der Waals surface area contributed by atoms with Crippen molar-refractivity contribution in [1.29, 1.82) is 0 Å². The van der Waals surface area contributed by atoms with Gasteiger partial charge in [-0.05, 0) is 42.5 Å². The van der Waals surface area contributed by atoms with Gasteiger partial charge in [-0.2, -0.15) is 0 Å². The Labute approximate surface area is 128 Å². The molecule has 0 radical (unpaired) electrons. The van der Waals surface area contributed by atoms with Crippen LogP contribution in [0.5, 0.6) is 11.5 Å². The minimum Gasteiger partial charge on any atom is -0.493 e. The van der Waals surface area contributed by atoms with Crippen molar-refractivity contribution in [2.75, 3.05) is 20.8 Å². The Kier molecular flexibility index (Phi) is 3.88. The summed E-state index contributed by atoms with van der Waals surface area (Å²) in [6.07, 6.45) is 2.50. The monoisotopic (exact) mass is 302 g/mol. The van der Waals surface area contributed by atoms with Gasteiger partial charge in [-0.25, -0.2) is 4.79 Å². The van der Waals surface area contributed by atoms with E-state index in [1.165, 1.54) is 0 Å². The number of fused-ring (bicyclic) bond motifs is 1. The SMILES string of the molecule is COc1cc2c(cc1OC)C(=O)CC1=C(CCC2)COC1=O. The Morgan fingerprint density at radius 3 is 2.50 bits per heavy atom. The summed E-state index contributed by atoms with van der Waals surface area (Å²) >= 11 is 0. The Morgan fingerprint density at radius 1 is 1.05 bits per heavy atom. The predicted molar refractivity (Wildman–Crippen MR) is 79.4 cm³/mol. The first-order valence-corrected chi connectivity index (χ1v) is 7.30. The third-order valence-electron chi connectivity index (χ3n) is 4.22. The molecule has 116 valence electrons. The number of cyclic esters (lactones) is 1. The summed E-state index contributed by atoms with van der Waals surface area (Å²) in [4.78, 5) is 24.4. The number of benzene rings is 1. The van der Waals surface area contributed by atoms with E-state index >= 15 is 0 Å². The molecule has 0 saturated heterocycles. The molecule has 1 aliphatic heterocycles. The average Bonchev–Trinajstić information content (AvgIpc) is 2.89. The molecule has 0 N–H and O–H groups in total. The van der Waals surface area contributed by atoms with Gasteiger partial charge in [-0.15, -0.1) is 0 Å². The van der Waals surface area contributed by atoms with Gasteiger partial charge in [0, 0.05) is 17.6 Å². The molecule has 5 nitrogen and oxygen atoms in total. The quantitative estimate of drug-likeness (QED) is 0.785. The van der Waals surface area contributed by atoms with Crippen LogP contribution in [0.2, 0.25) is 0 Å². The fourth-order valence-corrected chi connectivity index (χ4v) is 3.03. The number of carbonyl (C=O) groups is 2. The minimum atomic E-state index is -0.354. The van der Waals surface area contributed by atoms with E-state index in [1.807, 2.05) is 6.07 Å². The molecule has 0 aromatic heterocycles. The van der Waals surface area contributed by atoms with Crippen molar-refractivity contribution in [2.45, 2.75) is 25.7 Å². The zero-order valence-electron chi connectivity index (χ0n) is 12.7. The number of esters is 1. The summed E-state index contributed by atoms with van der Waals surface area (Å²) in [5.41, 5.74) is 3.04. The predicted octanol–water partition coefficient (Wildman–Crippen LogP) is 2.47. The normalized spacial score (nSPS) is 17.9. The molecule has 0 bridgehead atoms. The van der Waals surface area contributed by atoms with Crippen molar-refractivity contribution in [3.8, 4) is 11.5 Å². The molecule has 22 heavy (non-hydrogen) atoms. The van der Waals surface area contributed by atoms with Crippen LogP contribution in [-0.2, 0) is 16.0 Å². The molecule has 0 atom stereocenters. The van der Waals surface area contributed by atoms with Crippen LogP contribution in [0.3, 0.4) is 0 Å². The van der Waals surface area contributed by atoms with Gasteiger partial charge in [-0.1, -0.05) is 0 Å². The lowest BCUT2D eigenvalue weighted by molar-refractivity contribution is -0.136. The molecule has 0 spiro atoms. The maximum atomic E-state index is 12.6. The minimum absolute atomic E-state index is 0.0794. The van der Waals surface area contributed by atoms with Gasteiger partial charge in [-0.3, -0.25) is 4.79 Å². The number of hydrogen-bond donors (Lipinski definition) is 0. The lowest BCUT2D eigenvalue weighted by Gasteiger charge is -2.14. The number of carbonyl (C=O) groups excluding carboxylic acids is 2. The van der Waals surface area contributed by atoms with Crippen LogP contribution in [0.15, 0.2) is 23.3 Å². The van der Waals surface area contributed by atoms with Gasteiger partial charge in [0.1, 0.15) is 6.61 Å². The standard InChI is InChI=1S/C17H18O5/c1-20-15-6-10-4-3-5-11-9-22-17(19)13(11)7-14(18)12(10)8-16(15)21-2/h6,8H,3-5,7,9H2,1-2H3. The molecule has 5 heteroatoms. The molecule has 0 amide bonds. The molecular formula is C17H18O5. The van der Waals surface area contributed by atoms with E-state index in [0.717, 1.165) is 30.4 Å². The first-order chi connectivity index (χ1) is 10.6. The summed E-state index contributed by atoms with van der Waals surface area (Å²) in [5, 5.41) is 0. The third kappa shape index (κ3) is 2.47. The zero-order chi connectivity index (χ0) is 15.7. The highest BCUT2D eigenvalue weighted by atomic mass is 16.5. The molecule has 1 aromatic carbocycles. The van der Waals surface area contributed by atoms with Crippen molar-refractivity contribution in [3.63, 3.8) is 0 Å². The first-order valence-electron chi connectivity index (χ1n) is 7.30. The Balaban J connectivity index is 2.03. The smallest absolute Gasteiger partial charge is 0.334 e. The first kappa shape index (κ1) is 14.6. The number of ether oxygens (including phenoxy) is 3. The second-order valence-electron chi connectivity index (χ2n) is 5.48. The molecule has 0 unspecified atom stereocenters. The fraction of sp³-hybridized carbons (Fsp3) is 0.412. The molecule has 3 rings (SSSR count). The summed E-state index contributed by atoms with van der Waals surface area (Å²) < 4.78 is 15.7. The number of Topliss-reactive ketones (excluding diaryl/α,β-unsaturated/α-hetero) is 1. The van der Waals surface area contributed by atoms with Gasteiger partial charge < -0.3 is 14.2 Å². The van der Waals surface area contributed by atoms with E-state index in [9.17, 15) is 9.59 Å². The number of hydrogen-bond acceptors (Lipinski definition) is 5. The highest BCUT2D eigenvalue weighted by molar-refractivity contribution is 6.05. The molecule has 0 saturated carbocycles. The largest absolute Gasteiger partial charge is 0.493 e. The van der Waals surface area contributed by atoms with Crippen LogP contribution >= 0.6 is 0 Å². The van der Waals surface area contributed by atoms with Crippen molar-refractivity contribution in [1.82, 2.24) is 0 Å². The van der Waals surface area contributed by atoms with E-state index in [2.05, 4.69) is 0 Å². The topological polar surface area (TPSA) is 61.8 Å². The van der Waals surface area contributed by atoms with Gasteiger partial charge in [0.2, 0.25) is 0 Å². The molecular weight excluding hydrogens is 284 g/mol. The molecule has 1 heterocycles. The Morgan fingerprint density at radius 2 is 1.77 bits per heavy atom. The highest BCUT2D eigenvalue weighted by Gasteiger charge is 2.29. The van der Waals surface area contributed by atoms with Gasteiger partial charge in [0.05, 0.1) is 14.2 Å². The van der Waals surface area contributed by atoms with Crippen LogP contribution in [-0.4, -0.2) is 32.6 Å². The molecule has 1 aliphatic carbocycles. The van der Waals surface area contributed by atoms with Crippen LogP contribution < -0.4 is 9.47 Å². The Bertz CT molecular complexity index is 672. The van der Waals surface area contributed by atoms with Crippen LogP contribution in [0, 0.1) is 0 Å². The summed E-state index contributed by atoms with van der Waals surface area (Å²) in [7, 11) is 3.12. The van der Waals surface area contributed by atoms with Crippen LogP contribution in [0.25, 0.3) is 0 Å². The van der Waals surface area contributed by atoms with Gasteiger partial charge >= 0.3 is 5.97 Å². The third-order valence-corrected chi connectivity index (χ3v) is 4.22. The van der Waals surface area contributed by atoms with Crippen LogP contribution in [0.1, 0.15) is 35.2 Å². The van der Waals surface area contributed by atoms with Crippen molar-refractivity contribution < 1.29 is 23.8 Å². The summed E-state index contributed by atoms with van der Waals surface area (Å²) in [5.74, 6) is 0.710. The number of methoxy groups -OCH3 is 2. The van der Waals surface area contributed by atoms with E-state index in [4.69, 9.17) is 14.2 Å². The lowest BCUT2D eigenvalue weighted by atomic mass is 9.96. The number of rotatable bonds is 2. The number of ketones is 1. The maximum Gasteiger partial charge on any atom is 0.334 e. The molecule has 0 fully saturated rings. The van der Waals surface area contributed by atoms with Crippen molar-refractivity contribution in [2.24, 2.45) is 0 Å². The van der Waals surface area contributed by atoms with Crippen molar-refractivity contribution in [3.05, 3.63) is 34.4 Å². The van der Waals surface area contributed by atoms with E-state index < -0.39 is 0 Å². The van der Waals surface area contributed by atoms with Crippen LogP contribution in [0.4, 0.5) is 0 Å². The van der Waals surface area contributed by atoms with E-state index in [1.54, 1.807) is 20.3 Å². The van der Waals surface area contributed by atoms with E-state index in [0.29, 0.717) is 29.2 Å². The summed E-state index contributed by atoms with van der Waals surface area (Å²) in [6.45, 7) is 0.324. The highest BCUT2D eigenvalue weighted by Crippen LogP contribution is 2.34. The Hall–Kier alpha value is -2.30. The lowest BCUT2D eigenvalue weighted by Crippen LogP contribution is -2.09. The second-order valence-corrected chi connectivity index (χ2v) is 5.48. The zero-order valence-corrected chi connectivity index (χ0v) is 12.7. The fourth-order valence-electron chi connectivity index (χ4n) is 3.03. The van der Waals surface area contributed by atoms with Gasteiger partial charge in [0.25, 0.3) is 0 Å². The molecule has 1 aromatic rings. The van der Waals surface area contributed by atoms with E-state index in [-0.39, 0.29) is 18.2 Å².